The summed E-state index contributed by atoms with van der Waals surface area (Å²) in [6, 6.07) is 23.1. The number of urea groups is 1. The summed E-state index contributed by atoms with van der Waals surface area (Å²) in [4.78, 5) is 27.4. The smallest absolute Gasteiger partial charge is 0.319 e. The van der Waals surface area contributed by atoms with Crippen molar-refractivity contribution < 1.29 is 9.59 Å². The lowest BCUT2D eigenvalue weighted by molar-refractivity contribution is 0.0981. The molecule has 0 spiro atoms. The SMILES string of the molecule is CCc1ccccc1NC(=O)NCc1ccc2c(c1)N(C(=O)c1ccccc1)[C@@H](C)C2. The highest BCUT2D eigenvalue weighted by Gasteiger charge is 2.31. The van der Waals surface area contributed by atoms with Gasteiger partial charge in [0, 0.05) is 29.5 Å². The van der Waals surface area contributed by atoms with Crippen molar-refractivity contribution in [2.75, 3.05) is 10.2 Å². The zero-order valence-corrected chi connectivity index (χ0v) is 17.9. The third-order valence-corrected chi connectivity index (χ3v) is 5.70. The molecule has 5 heteroatoms. The molecule has 0 saturated carbocycles. The number of hydrogen-bond donors (Lipinski definition) is 2. The van der Waals surface area contributed by atoms with E-state index in [1.807, 2.05) is 71.6 Å². The monoisotopic (exact) mass is 413 g/mol. The van der Waals surface area contributed by atoms with E-state index in [2.05, 4.69) is 30.5 Å². The number of nitrogens with zero attached hydrogens (tertiary/aromatic N) is 1. The fourth-order valence-corrected chi connectivity index (χ4v) is 4.09. The van der Waals surface area contributed by atoms with Crippen LogP contribution in [0.2, 0.25) is 0 Å². The first-order valence-electron chi connectivity index (χ1n) is 10.7. The molecule has 1 aliphatic rings. The van der Waals surface area contributed by atoms with Crippen molar-refractivity contribution in [1.82, 2.24) is 5.32 Å². The van der Waals surface area contributed by atoms with Crippen molar-refractivity contribution in [2.45, 2.75) is 39.3 Å². The van der Waals surface area contributed by atoms with Crippen LogP contribution in [0.1, 0.15) is 40.9 Å². The van der Waals surface area contributed by atoms with Crippen LogP contribution in [0.4, 0.5) is 16.2 Å². The number of carbonyl (C=O) groups excluding carboxylic acids is 2. The lowest BCUT2D eigenvalue weighted by Gasteiger charge is -2.23. The highest BCUT2D eigenvalue weighted by Crippen LogP contribution is 2.34. The summed E-state index contributed by atoms with van der Waals surface area (Å²) in [6.45, 7) is 4.51. The van der Waals surface area contributed by atoms with Crippen LogP contribution in [0.15, 0.2) is 72.8 Å². The molecule has 0 aliphatic carbocycles. The van der Waals surface area contributed by atoms with Gasteiger partial charge >= 0.3 is 6.03 Å². The van der Waals surface area contributed by atoms with Crippen LogP contribution in [0.3, 0.4) is 0 Å². The zero-order chi connectivity index (χ0) is 21.8. The van der Waals surface area contributed by atoms with Crippen molar-refractivity contribution in [3.8, 4) is 0 Å². The summed E-state index contributed by atoms with van der Waals surface area (Å²) in [5.41, 5.74) is 5.64. The summed E-state index contributed by atoms with van der Waals surface area (Å²) >= 11 is 0. The topological polar surface area (TPSA) is 61.4 Å². The summed E-state index contributed by atoms with van der Waals surface area (Å²) in [6.07, 6.45) is 1.68. The third kappa shape index (κ3) is 4.45. The van der Waals surface area contributed by atoms with E-state index in [0.29, 0.717) is 12.1 Å². The van der Waals surface area contributed by atoms with Gasteiger partial charge < -0.3 is 15.5 Å². The van der Waals surface area contributed by atoms with Crippen LogP contribution in [-0.4, -0.2) is 18.0 Å². The van der Waals surface area contributed by atoms with Crippen molar-refractivity contribution >= 4 is 23.3 Å². The molecule has 3 aromatic carbocycles. The Kier molecular flexibility index (Phi) is 6.03. The Morgan fingerprint density at radius 3 is 2.52 bits per heavy atom. The summed E-state index contributed by atoms with van der Waals surface area (Å²) in [5, 5.41) is 5.85. The molecule has 0 aromatic heterocycles. The van der Waals surface area contributed by atoms with Crippen LogP contribution in [0, 0.1) is 0 Å². The minimum absolute atomic E-state index is 0.00544. The van der Waals surface area contributed by atoms with Crippen molar-refractivity contribution in [1.29, 1.82) is 0 Å². The second kappa shape index (κ2) is 9.04. The maximum atomic E-state index is 13.1. The van der Waals surface area contributed by atoms with E-state index in [9.17, 15) is 9.59 Å². The molecule has 0 radical (unpaired) electrons. The number of benzene rings is 3. The van der Waals surface area contributed by atoms with E-state index >= 15 is 0 Å². The van der Waals surface area contributed by atoms with Crippen LogP contribution in [0.25, 0.3) is 0 Å². The number of amides is 3. The number of hydrogen-bond acceptors (Lipinski definition) is 2. The van der Waals surface area contributed by atoms with Crippen LogP contribution in [-0.2, 0) is 19.4 Å². The molecule has 5 nitrogen and oxygen atoms in total. The molecule has 1 atom stereocenters. The second-order valence-electron chi connectivity index (χ2n) is 7.88. The van der Waals surface area contributed by atoms with Gasteiger partial charge in [0.15, 0.2) is 0 Å². The van der Waals surface area contributed by atoms with Gasteiger partial charge in [0.05, 0.1) is 0 Å². The lowest BCUT2D eigenvalue weighted by Crippen LogP contribution is -2.35. The van der Waals surface area contributed by atoms with Gasteiger partial charge in [0.25, 0.3) is 5.91 Å². The average Bonchev–Trinajstić information content (AvgIpc) is 3.13. The predicted octanol–water partition coefficient (Wildman–Crippen LogP) is 5.16. The molecule has 3 amide bonds. The van der Waals surface area contributed by atoms with Gasteiger partial charge in [0.2, 0.25) is 0 Å². The number of anilines is 2. The first kappa shape index (κ1) is 20.7. The van der Waals surface area contributed by atoms with Gasteiger partial charge in [-0.1, -0.05) is 55.5 Å². The molecule has 1 heterocycles. The highest BCUT2D eigenvalue weighted by atomic mass is 16.2. The first-order valence-corrected chi connectivity index (χ1v) is 10.7. The van der Waals surface area contributed by atoms with Crippen LogP contribution < -0.4 is 15.5 Å². The maximum absolute atomic E-state index is 13.1. The zero-order valence-electron chi connectivity index (χ0n) is 17.9. The van der Waals surface area contributed by atoms with Gasteiger partial charge in [-0.15, -0.1) is 0 Å². The van der Waals surface area contributed by atoms with Crippen molar-refractivity contribution in [3.05, 3.63) is 95.1 Å². The Morgan fingerprint density at radius 1 is 1.00 bits per heavy atom. The molecule has 0 saturated heterocycles. The number of para-hydroxylation sites is 1. The average molecular weight is 414 g/mol. The minimum atomic E-state index is -0.244. The standard InChI is InChI=1S/C26H27N3O2/c1-3-20-9-7-8-12-23(20)28-26(31)27-17-19-13-14-22-15-18(2)29(24(22)16-19)25(30)21-10-5-4-6-11-21/h4-14,16,18H,3,15,17H2,1-2H3,(H2,27,28,31)/t18-/m0/s1. The van der Waals surface area contributed by atoms with Gasteiger partial charge in [-0.2, -0.15) is 0 Å². The van der Waals surface area contributed by atoms with E-state index in [1.54, 1.807) is 0 Å². The van der Waals surface area contributed by atoms with Crippen molar-refractivity contribution in [3.63, 3.8) is 0 Å². The van der Waals surface area contributed by atoms with E-state index in [4.69, 9.17) is 0 Å². The lowest BCUT2D eigenvalue weighted by atomic mass is 10.1. The molecule has 0 unspecified atom stereocenters. The quantitative estimate of drug-likeness (QED) is 0.607. The number of rotatable bonds is 5. The van der Waals surface area contributed by atoms with Gasteiger partial charge in [-0.25, -0.2) is 4.79 Å². The van der Waals surface area contributed by atoms with Gasteiger partial charge in [-0.05, 0) is 60.7 Å². The summed E-state index contributed by atoms with van der Waals surface area (Å²) in [7, 11) is 0. The molecule has 4 rings (SSSR count). The molecule has 2 N–H and O–H groups in total. The molecule has 158 valence electrons. The fourth-order valence-electron chi connectivity index (χ4n) is 4.09. The van der Waals surface area contributed by atoms with E-state index in [-0.39, 0.29) is 18.0 Å². The van der Waals surface area contributed by atoms with Gasteiger partial charge in [-0.3, -0.25) is 4.79 Å². The molecule has 3 aromatic rings. The summed E-state index contributed by atoms with van der Waals surface area (Å²) < 4.78 is 0. The number of aryl methyl sites for hydroxylation is 1. The van der Waals surface area contributed by atoms with Crippen LogP contribution >= 0.6 is 0 Å². The number of nitrogens with one attached hydrogen (secondary N) is 2. The van der Waals surface area contributed by atoms with Crippen LogP contribution in [0.5, 0.6) is 0 Å². The molecule has 1 aliphatic heterocycles. The molecular weight excluding hydrogens is 386 g/mol. The highest BCUT2D eigenvalue weighted by molar-refractivity contribution is 6.07. The maximum Gasteiger partial charge on any atom is 0.319 e. The Bertz CT molecular complexity index is 1090. The van der Waals surface area contributed by atoms with E-state index in [0.717, 1.165) is 40.9 Å². The molecule has 31 heavy (non-hydrogen) atoms. The fraction of sp³-hybridized carbons (Fsp3) is 0.231. The Labute approximate surface area is 183 Å². The minimum Gasteiger partial charge on any atom is -0.334 e. The van der Waals surface area contributed by atoms with E-state index < -0.39 is 0 Å². The third-order valence-electron chi connectivity index (χ3n) is 5.70. The Morgan fingerprint density at radius 2 is 1.74 bits per heavy atom. The normalized spacial score (nSPS) is 14.8. The van der Waals surface area contributed by atoms with Gasteiger partial charge in [0.1, 0.15) is 0 Å². The Balaban J connectivity index is 1.46. The first-order chi connectivity index (χ1) is 15.1. The summed E-state index contributed by atoms with van der Waals surface area (Å²) in [5.74, 6) is 0.00544. The number of carbonyl (C=O) groups is 2. The second-order valence-corrected chi connectivity index (χ2v) is 7.88. The van der Waals surface area contributed by atoms with Crippen molar-refractivity contribution in [2.24, 2.45) is 0 Å². The largest absolute Gasteiger partial charge is 0.334 e. The predicted molar refractivity (Wildman–Crippen MR) is 125 cm³/mol. The number of fused-ring (bicyclic) bond motifs is 1. The van der Waals surface area contributed by atoms with E-state index in [1.165, 1.54) is 0 Å². The Hall–Kier alpha value is -3.60. The molecule has 0 fully saturated rings. The molecular formula is C26H27N3O2. The molecule has 0 bridgehead atoms.